The topological polar surface area (TPSA) is 37.4 Å². The standard InChI is InChI=1S/C17H31N3O/c1-5-6-7-12-20(15(2)3)17-16(9-8-10-19-17)14-18-11-13-21-4/h8-10,15,18H,5-7,11-14H2,1-4H3. The molecule has 0 fully saturated rings. The van der Waals surface area contributed by atoms with Crippen molar-refractivity contribution in [2.75, 3.05) is 31.7 Å². The Labute approximate surface area is 129 Å². The summed E-state index contributed by atoms with van der Waals surface area (Å²) in [5, 5.41) is 3.41. The molecule has 1 aromatic heterocycles. The second-order valence-corrected chi connectivity index (χ2v) is 5.65. The van der Waals surface area contributed by atoms with E-state index in [2.05, 4.69) is 42.0 Å². The zero-order valence-corrected chi connectivity index (χ0v) is 14.1. The van der Waals surface area contributed by atoms with Gasteiger partial charge in [-0.25, -0.2) is 4.98 Å². The van der Waals surface area contributed by atoms with Crippen molar-refractivity contribution in [2.24, 2.45) is 0 Å². The van der Waals surface area contributed by atoms with Crippen LogP contribution in [-0.2, 0) is 11.3 Å². The van der Waals surface area contributed by atoms with E-state index in [1.165, 1.54) is 24.8 Å². The zero-order chi connectivity index (χ0) is 15.5. The number of unbranched alkanes of at least 4 members (excludes halogenated alkanes) is 2. The van der Waals surface area contributed by atoms with E-state index >= 15 is 0 Å². The molecule has 0 saturated carbocycles. The van der Waals surface area contributed by atoms with Gasteiger partial charge < -0.3 is 15.0 Å². The molecule has 1 aromatic rings. The summed E-state index contributed by atoms with van der Waals surface area (Å²) < 4.78 is 5.07. The van der Waals surface area contributed by atoms with Crippen LogP contribution in [0.25, 0.3) is 0 Å². The van der Waals surface area contributed by atoms with Crippen LogP contribution in [0, 0.1) is 0 Å². The smallest absolute Gasteiger partial charge is 0.133 e. The average molecular weight is 293 g/mol. The minimum absolute atomic E-state index is 0.467. The first-order chi connectivity index (χ1) is 10.2. The van der Waals surface area contributed by atoms with Crippen molar-refractivity contribution in [1.29, 1.82) is 0 Å². The molecular formula is C17H31N3O. The molecule has 1 rings (SSSR count). The van der Waals surface area contributed by atoms with Crippen molar-refractivity contribution >= 4 is 5.82 Å². The molecule has 120 valence electrons. The van der Waals surface area contributed by atoms with Gasteiger partial charge in [-0.3, -0.25) is 0 Å². The van der Waals surface area contributed by atoms with E-state index in [0.717, 1.165) is 32.1 Å². The Morgan fingerprint density at radius 2 is 2.14 bits per heavy atom. The van der Waals surface area contributed by atoms with E-state index in [1.54, 1.807) is 7.11 Å². The lowest BCUT2D eigenvalue weighted by Crippen LogP contribution is -2.34. The van der Waals surface area contributed by atoms with Gasteiger partial charge in [-0.1, -0.05) is 25.8 Å². The SMILES string of the molecule is CCCCCN(c1ncccc1CNCCOC)C(C)C. The summed E-state index contributed by atoms with van der Waals surface area (Å²) in [6.45, 7) is 10.2. The Bertz CT molecular complexity index is 382. The van der Waals surface area contributed by atoms with Gasteiger partial charge in [0.05, 0.1) is 6.61 Å². The minimum Gasteiger partial charge on any atom is -0.383 e. The predicted molar refractivity (Wildman–Crippen MR) is 89.8 cm³/mol. The van der Waals surface area contributed by atoms with Crippen LogP contribution in [0.5, 0.6) is 0 Å². The Hall–Kier alpha value is -1.13. The number of nitrogens with one attached hydrogen (secondary N) is 1. The zero-order valence-electron chi connectivity index (χ0n) is 14.1. The first-order valence-corrected chi connectivity index (χ1v) is 8.10. The number of anilines is 1. The van der Waals surface area contributed by atoms with Crippen molar-refractivity contribution in [3.05, 3.63) is 23.9 Å². The molecule has 0 radical (unpaired) electrons. The number of nitrogens with zero attached hydrogens (tertiary/aromatic N) is 2. The number of ether oxygens (including phenoxy) is 1. The molecule has 1 heterocycles. The highest BCUT2D eigenvalue weighted by atomic mass is 16.5. The van der Waals surface area contributed by atoms with Gasteiger partial charge >= 0.3 is 0 Å². The van der Waals surface area contributed by atoms with Gasteiger partial charge in [-0.2, -0.15) is 0 Å². The molecule has 0 bridgehead atoms. The lowest BCUT2D eigenvalue weighted by Gasteiger charge is -2.30. The third-order valence-corrected chi connectivity index (χ3v) is 3.56. The Balaban J connectivity index is 2.72. The van der Waals surface area contributed by atoms with Crippen LogP contribution >= 0.6 is 0 Å². The van der Waals surface area contributed by atoms with Crippen LogP contribution in [0.4, 0.5) is 5.82 Å². The highest BCUT2D eigenvalue weighted by Crippen LogP contribution is 2.20. The maximum atomic E-state index is 5.07. The van der Waals surface area contributed by atoms with E-state index in [4.69, 9.17) is 4.74 Å². The molecule has 4 heteroatoms. The van der Waals surface area contributed by atoms with Crippen molar-refractivity contribution in [2.45, 2.75) is 52.6 Å². The Morgan fingerprint density at radius 1 is 1.33 bits per heavy atom. The first kappa shape index (κ1) is 17.9. The largest absolute Gasteiger partial charge is 0.383 e. The molecule has 0 spiro atoms. The molecule has 1 N–H and O–H groups in total. The van der Waals surface area contributed by atoms with Gasteiger partial charge in [0.15, 0.2) is 0 Å². The second-order valence-electron chi connectivity index (χ2n) is 5.65. The van der Waals surface area contributed by atoms with E-state index in [9.17, 15) is 0 Å². The molecular weight excluding hydrogens is 262 g/mol. The lowest BCUT2D eigenvalue weighted by atomic mass is 10.1. The highest BCUT2D eigenvalue weighted by molar-refractivity contribution is 5.47. The second kappa shape index (κ2) is 10.6. The van der Waals surface area contributed by atoms with Gasteiger partial charge in [0.2, 0.25) is 0 Å². The fraction of sp³-hybridized carbons (Fsp3) is 0.706. The Morgan fingerprint density at radius 3 is 2.81 bits per heavy atom. The monoisotopic (exact) mass is 293 g/mol. The lowest BCUT2D eigenvalue weighted by molar-refractivity contribution is 0.199. The fourth-order valence-electron chi connectivity index (χ4n) is 2.36. The Kier molecular flexibility index (Phi) is 9.02. The van der Waals surface area contributed by atoms with Crippen LogP contribution in [0.1, 0.15) is 45.6 Å². The van der Waals surface area contributed by atoms with E-state index in [0.29, 0.717) is 6.04 Å². The maximum Gasteiger partial charge on any atom is 0.133 e. The van der Waals surface area contributed by atoms with Gasteiger partial charge in [0, 0.05) is 44.5 Å². The molecule has 0 aliphatic rings. The summed E-state index contributed by atoms with van der Waals surface area (Å²) in [4.78, 5) is 7.05. The van der Waals surface area contributed by atoms with Gasteiger partial charge in [0.1, 0.15) is 5.82 Å². The van der Waals surface area contributed by atoms with E-state index in [-0.39, 0.29) is 0 Å². The molecule has 0 unspecified atom stereocenters. The summed E-state index contributed by atoms with van der Waals surface area (Å²) >= 11 is 0. The van der Waals surface area contributed by atoms with Crippen LogP contribution < -0.4 is 10.2 Å². The van der Waals surface area contributed by atoms with Crippen LogP contribution in [0.2, 0.25) is 0 Å². The molecule has 21 heavy (non-hydrogen) atoms. The van der Waals surface area contributed by atoms with Gasteiger partial charge in [-0.05, 0) is 26.3 Å². The molecule has 0 atom stereocenters. The van der Waals surface area contributed by atoms with Crippen LogP contribution in [0.3, 0.4) is 0 Å². The number of hydrogen-bond acceptors (Lipinski definition) is 4. The van der Waals surface area contributed by atoms with E-state index < -0.39 is 0 Å². The quantitative estimate of drug-likeness (QED) is 0.636. The molecule has 0 aliphatic carbocycles. The van der Waals surface area contributed by atoms with Crippen LogP contribution in [-0.4, -0.2) is 37.8 Å². The minimum atomic E-state index is 0.467. The number of aromatic nitrogens is 1. The van der Waals surface area contributed by atoms with E-state index in [1.807, 2.05) is 12.3 Å². The first-order valence-electron chi connectivity index (χ1n) is 8.10. The number of pyridine rings is 1. The summed E-state index contributed by atoms with van der Waals surface area (Å²) in [6, 6.07) is 4.65. The third kappa shape index (κ3) is 6.44. The molecule has 4 nitrogen and oxygen atoms in total. The number of rotatable bonds is 11. The molecule has 0 saturated heterocycles. The number of methoxy groups -OCH3 is 1. The van der Waals surface area contributed by atoms with Crippen molar-refractivity contribution in [1.82, 2.24) is 10.3 Å². The van der Waals surface area contributed by atoms with Crippen molar-refractivity contribution < 1.29 is 4.74 Å². The predicted octanol–water partition coefficient (Wildman–Crippen LogP) is 3.22. The highest BCUT2D eigenvalue weighted by Gasteiger charge is 2.15. The fourth-order valence-corrected chi connectivity index (χ4v) is 2.36. The maximum absolute atomic E-state index is 5.07. The summed E-state index contributed by atoms with van der Waals surface area (Å²) in [5.41, 5.74) is 1.26. The van der Waals surface area contributed by atoms with Gasteiger partial charge in [-0.15, -0.1) is 0 Å². The summed E-state index contributed by atoms with van der Waals surface area (Å²) in [7, 11) is 1.73. The van der Waals surface area contributed by atoms with Gasteiger partial charge in [0.25, 0.3) is 0 Å². The average Bonchev–Trinajstić information content (AvgIpc) is 2.48. The van der Waals surface area contributed by atoms with Crippen LogP contribution in [0.15, 0.2) is 18.3 Å². The van der Waals surface area contributed by atoms with Crippen molar-refractivity contribution in [3.63, 3.8) is 0 Å². The summed E-state index contributed by atoms with van der Waals surface area (Å²) in [6.07, 6.45) is 5.64. The van der Waals surface area contributed by atoms with Crippen molar-refractivity contribution in [3.8, 4) is 0 Å². The normalized spacial score (nSPS) is 11.1. The third-order valence-electron chi connectivity index (χ3n) is 3.56. The summed E-state index contributed by atoms with van der Waals surface area (Å²) in [5.74, 6) is 1.12. The number of hydrogen-bond donors (Lipinski definition) is 1. The molecule has 0 aliphatic heterocycles. The molecule has 0 aromatic carbocycles. The molecule has 0 amide bonds.